The molecule has 0 atom stereocenters. The van der Waals surface area contributed by atoms with E-state index in [1.807, 2.05) is 0 Å². The SMILES string of the molecule is COCCNCCCOC1CCNCC1. The Bertz CT molecular complexity index is 139. The molecule has 1 aliphatic heterocycles. The third-order valence-corrected chi connectivity index (χ3v) is 2.62. The van der Waals surface area contributed by atoms with Crippen LogP contribution in [0.15, 0.2) is 0 Å². The summed E-state index contributed by atoms with van der Waals surface area (Å²) in [6, 6.07) is 0. The topological polar surface area (TPSA) is 42.5 Å². The highest BCUT2D eigenvalue weighted by molar-refractivity contribution is 4.68. The fourth-order valence-corrected chi connectivity index (χ4v) is 1.71. The van der Waals surface area contributed by atoms with Crippen LogP contribution in [0.4, 0.5) is 0 Å². The molecule has 1 saturated heterocycles. The molecule has 1 aliphatic rings. The molecule has 1 heterocycles. The van der Waals surface area contributed by atoms with E-state index in [0.717, 1.165) is 58.7 Å². The zero-order chi connectivity index (χ0) is 10.8. The monoisotopic (exact) mass is 216 g/mol. The van der Waals surface area contributed by atoms with Crippen molar-refractivity contribution in [2.45, 2.75) is 25.4 Å². The highest BCUT2D eigenvalue weighted by Crippen LogP contribution is 2.06. The summed E-state index contributed by atoms with van der Waals surface area (Å²) in [4.78, 5) is 0. The van der Waals surface area contributed by atoms with Crippen molar-refractivity contribution in [2.24, 2.45) is 0 Å². The van der Waals surface area contributed by atoms with Crippen molar-refractivity contribution in [3.05, 3.63) is 0 Å². The van der Waals surface area contributed by atoms with Crippen molar-refractivity contribution in [2.75, 3.05) is 46.5 Å². The molecule has 0 aromatic heterocycles. The molecule has 4 heteroatoms. The van der Waals surface area contributed by atoms with Gasteiger partial charge in [-0.1, -0.05) is 0 Å². The van der Waals surface area contributed by atoms with E-state index in [9.17, 15) is 0 Å². The lowest BCUT2D eigenvalue weighted by Crippen LogP contribution is -2.33. The van der Waals surface area contributed by atoms with Crippen molar-refractivity contribution >= 4 is 0 Å². The fraction of sp³-hybridized carbons (Fsp3) is 1.00. The number of hydrogen-bond acceptors (Lipinski definition) is 4. The molecule has 15 heavy (non-hydrogen) atoms. The summed E-state index contributed by atoms with van der Waals surface area (Å²) >= 11 is 0. The molecule has 0 radical (unpaired) electrons. The zero-order valence-electron chi connectivity index (χ0n) is 9.76. The predicted octanol–water partition coefficient (Wildman–Crippen LogP) is 0.381. The van der Waals surface area contributed by atoms with Gasteiger partial charge in [0, 0.05) is 20.3 Å². The van der Waals surface area contributed by atoms with Crippen LogP contribution in [0.25, 0.3) is 0 Å². The summed E-state index contributed by atoms with van der Waals surface area (Å²) < 4.78 is 10.7. The van der Waals surface area contributed by atoms with Gasteiger partial charge in [-0.2, -0.15) is 0 Å². The van der Waals surface area contributed by atoms with Crippen molar-refractivity contribution < 1.29 is 9.47 Å². The first-order chi connectivity index (χ1) is 7.43. The van der Waals surface area contributed by atoms with Crippen molar-refractivity contribution in [1.29, 1.82) is 0 Å². The number of piperidine rings is 1. The van der Waals surface area contributed by atoms with Gasteiger partial charge in [0.25, 0.3) is 0 Å². The van der Waals surface area contributed by atoms with Crippen molar-refractivity contribution in [3.8, 4) is 0 Å². The van der Waals surface area contributed by atoms with E-state index < -0.39 is 0 Å². The second-order valence-corrected chi connectivity index (χ2v) is 3.92. The first-order valence-electron chi connectivity index (χ1n) is 5.95. The summed E-state index contributed by atoms with van der Waals surface area (Å²) in [5.74, 6) is 0. The summed E-state index contributed by atoms with van der Waals surface area (Å²) in [6.45, 7) is 5.84. The molecule has 2 N–H and O–H groups in total. The Balaban J connectivity index is 1.79. The van der Waals surface area contributed by atoms with Crippen LogP contribution in [0.1, 0.15) is 19.3 Å². The zero-order valence-corrected chi connectivity index (χ0v) is 9.76. The maximum absolute atomic E-state index is 5.78. The van der Waals surface area contributed by atoms with E-state index in [1.165, 1.54) is 0 Å². The van der Waals surface area contributed by atoms with E-state index >= 15 is 0 Å². The van der Waals surface area contributed by atoms with Gasteiger partial charge >= 0.3 is 0 Å². The molecule has 4 nitrogen and oxygen atoms in total. The molecule has 0 aliphatic carbocycles. The molecule has 0 spiro atoms. The predicted molar refractivity (Wildman–Crippen MR) is 61.2 cm³/mol. The quantitative estimate of drug-likeness (QED) is 0.576. The van der Waals surface area contributed by atoms with Crippen LogP contribution >= 0.6 is 0 Å². The van der Waals surface area contributed by atoms with Gasteiger partial charge in [0.05, 0.1) is 12.7 Å². The fourth-order valence-electron chi connectivity index (χ4n) is 1.71. The lowest BCUT2D eigenvalue weighted by atomic mass is 10.1. The minimum absolute atomic E-state index is 0.491. The number of hydrogen-bond donors (Lipinski definition) is 2. The summed E-state index contributed by atoms with van der Waals surface area (Å²) in [7, 11) is 1.72. The Morgan fingerprint density at radius 3 is 2.73 bits per heavy atom. The van der Waals surface area contributed by atoms with Gasteiger partial charge in [0.2, 0.25) is 0 Å². The van der Waals surface area contributed by atoms with Crippen LogP contribution in [-0.4, -0.2) is 52.6 Å². The molecule has 1 fully saturated rings. The minimum Gasteiger partial charge on any atom is -0.383 e. The maximum atomic E-state index is 5.78. The number of rotatable bonds is 8. The highest BCUT2D eigenvalue weighted by atomic mass is 16.5. The van der Waals surface area contributed by atoms with Gasteiger partial charge in [-0.3, -0.25) is 0 Å². The molecule has 1 rings (SSSR count). The van der Waals surface area contributed by atoms with E-state index in [1.54, 1.807) is 7.11 Å². The lowest BCUT2D eigenvalue weighted by molar-refractivity contribution is 0.0316. The molecule has 0 amide bonds. The molecule has 0 unspecified atom stereocenters. The Morgan fingerprint density at radius 1 is 1.20 bits per heavy atom. The molecule has 0 bridgehead atoms. The second kappa shape index (κ2) is 9.09. The average Bonchev–Trinajstić information content (AvgIpc) is 2.29. The van der Waals surface area contributed by atoms with E-state index in [0.29, 0.717) is 6.10 Å². The largest absolute Gasteiger partial charge is 0.383 e. The number of methoxy groups -OCH3 is 1. The summed E-state index contributed by atoms with van der Waals surface area (Å²) in [6.07, 6.45) is 3.91. The van der Waals surface area contributed by atoms with Gasteiger partial charge in [0.1, 0.15) is 0 Å². The van der Waals surface area contributed by atoms with Gasteiger partial charge < -0.3 is 20.1 Å². The second-order valence-electron chi connectivity index (χ2n) is 3.92. The van der Waals surface area contributed by atoms with Crippen molar-refractivity contribution in [3.63, 3.8) is 0 Å². The Labute approximate surface area is 92.7 Å². The van der Waals surface area contributed by atoms with Crippen LogP contribution in [-0.2, 0) is 9.47 Å². The third kappa shape index (κ3) is 6.84. The minimum atomic E-state index is 0.491. The normalized spacial score (nSPS) is 18.2. The molecular formula is C11H24N2O2. The first-order valence-corrected chi connectivity index (χ1v) is 5.95. The Hall–Kier alpha value is -0.160. The van der Waals surface area contributed by atoms with Crippen LogP contribution < -0.4 is 10.6 Å². The number of nitrogens with one attached hydrogen (secondary N) is 2. The van der Waals surface area contributed by atoms with Crippen LogP contribution in [0.2, 0.25) is 0 Å². The molecule has 0 aromatic rings. The third-order valence-electron chi connectivity index (χ3n) is 2.62. The summed E-state index contributed by atoms with van der Waals surface area (Å²) in [5, 5.41) is 6.64. The van der Waals surface area contributed by atoms with E-state index in [-0.39, 0.29) is 0 Å². The van der Waals surface area contributed by atoms with Crippen LogP contribution in [0.5, 0.6) is 0 Å². The maximum Gasteiger partial charge on any atom is 0.0599 e. The molecular weight excluding hydrogens is 192 g/mol. The van der Waals surface area contributed by atoms with E-state index in [4.69, 9.17) is 9.47 Å². The van der Waals surface area contributed by atoms with Crippen LogP contribution in [0.3, 0.4) is 0 Å². The smallest absolute Gasteiger partial charge is 0.0599 e. The number of ether oxygens (including phenoxy) is 2. The first kappa shape index (κ1) is 12.9. The summed E-state index contributed by atoms with van der Waals surface area (Å²) in [5.41, 5.74) is 0. The average molecular weight is 216 g/mol. The highest BCUT2D eigenvalue weighted by Gasteiger charge is 2.12. The van der Waals surface area contributed by atoms with Crippen LogP contribution in [0, 0.1) is 0 Å². The van der Waals surface area contributed by atoms with Crippen molar-refractivity contribution in [1.82, 2.24) is 10.6 Å². The van der Waals surface area contributed by atoms with Gasteiger partial charge in [-0.25, -0.2) is 0 Å². The molecule has 90 valence electrons. The van der Waals surface area contributed by atoms with E-state index in [2.05, 4.69) is 10.6 Å². The Morgan fingerprint density at radius 2 is 2.00 bits per heavy atom. The molecule has 0 aromatic carbocycles. The standard InChI is InChI=1S/C11H24N2O2/c1-14-10-8-12-5-2-9-15-11-3-6-13-7-4-11/h11-13H,2-10H2,1H3. The lowest BCUT2D eigenvalue weighted by Gasteiger charge is -2.22. The molecule has 0 saturated carbocycles. The van der Waals surface area contributed by atoms with Gasteiger partial charge in [0.15, 0.2) is 0 Å². The van der Waals surface area contributed by atoms with Gasteiger partial charge in [-0.15, -0.1) is 0 Å². The van der Waals surface area contributed by atoms with Gasteiger partial charge in [-0.05, 0) is 38.9 Å². The Kier molecular flexibility index (Phi) is 7.83.